The number of carbonyl (C=O) groups excluding carboxylic acids is 1. The quantitative estimate of drug-likeness (QED) is 0.852. The van der Waals surface area contributed by atoms with E-state index in [2.05, 4.69) is 22.1 Å². The van der Waals surface area contributed by atoms with E-state index in [1.807, 2.05) is 19.1 Å². The average molecular weight is 286 g/mol. The summed E-state index contributed by atoms with van der Waals surface area (Å²) in [6.07, 6.45) is 0.437. The Balaban J connectivity index is 2.05. The van der Waals surface area contributed by atoms with Crippen LogP contribution in [0.2, 0.25) is 0 Å². The van der Waals surface area contributed by atoms with Crippen LogP contribution in [-0.4, -0.2) is 22.6 Å². The molecular weight excluding hydrogens is 272 g/mol. The number of aliphatic hydroxyl groups excluding tert-OH is 1. The standard InChI is InChI=1S/C15H14N2O2S/c1-11-5-4-7-14(16-11)17-15(19)12-9-13(20-10-12)6-2-3-8-18/h4-5,7,9-10,18H,3,8H2,1H3,(H,16,17,19). The molecule has 2 aromatic heterocycles. The normalized spacial score (nSPS) is 9.70. The fraction of sp³-hybridized carbons (Fsp3) is 0.200. The van der Waals surface area contributed by atoms with Gasteiger partial charge in [0.25, 0.3) is 5.91 Å². The zero-order valence-corrected chi connectivity index (χ0v) is 11.8. The van der Waals surface area contributed by atoms with Gasteiger partial charge in [-0.2, -0.15) is 0 Å². The van der Waals surface area contributed by atoms with Crippen molar-refractivity contribution < 1.29 is 9.90 Å². The van der Waals surface area contributed by atoms with Gasteiger partial charge in [0.05, 0.1) is 17.0 Å². The summed E-state index contributed by atoms with van der Waals surface area (Å²) in [5, 5.41) is 13.2. The van der Waals surface area contributed by atoms with E-state index in [0.29, 0.717) is 17.8 Å². The molecule has 102 valence electrons. The molecule has 20 heavy (non-hydrogen) atoms. The summed E-state index contributed by atoms with van der Waals surface area (Å²) in [6.45, 7) is 1.92. The number of anilines is 1. The van der Waals surface area contributed by atoms with E-state index < -0.39 is 0 Å². The van der Waals surface area contributed by atoms with Crippen LogP contribution in [0, 0.1) is 18.8 Å². The Morgan fingerprint density at radius 2 is 2.35 bits per heavy atom. The molecule has 0 fully saturated rings. The largest absolute Gasteiger partial charge is 0.395 e. The van der Waals surface area contributed by atoms with E-state index in [1.165, 1.54) is 11.3 Å². The first-order chi connectivity index (χ1) is 9.69. The lowest BCUT2D eigenvalue weighted by Crippen LogP contribution is -2.12. The molecule has 5 heteroatoms. The summed E-state index contributed by atoms with van der Waals surface area (Å²) >= 11 is 1.41. The molecule has 1 amide bonds. The zero-order valence-electron chi connectivity index (χ0n) is 11.0. The van der Waals surface area contributed by atoms with E-state index in [1.54, 1.807) is 17.5 Å². The highest BCUT2D eigenvalue weighted by Gasteiger charge is 2.09. The first-order valence-electron chi connectivity index (χ1n) is 6.12. The second-order valence-electron chi connectivity index (χ2n) is 4.09. The average Bonchev–Trinajstić information content (AvgIpc) is 2.88. The molecule has 0 aliphatic carbocycles. The molecule has 4 nitrogen and oxygen atoms in total. The minimum Gasteiger partial charge on any atom is -0.395 e. The summed E-state index contributed by atoms with van der Waals surface area (Å²) < 4.78 is 0. The molecule has 0 saturated heterocycles. The predicted molar refractivity (Wildman–Crippen MR) is 79.8 cm³/mol. The molecule has 0 spiro atoms. The number of hydrogen-bond acceptors (Lipinski definition) is 4. The highest BCUT2D eigenvalue weighted by Crippen LogP contribution is 2.15. The van der Waals surface area contributed by atoms with Crippen LogP contribution in [0.3, 0.4) is 0 Å². The maximum absolute atomic E-state index is 12.0. The van der Waals surface area contributed by atoms with Gasteiger partial charge in [-0.25, -0.2) is 4.98 Å². The minimum atomic E-state index is -0.199. The second-order valence-corrected chi connectivity index (χ2v) is 5.00. The van der Waals surface area contributed by atoms with Gasteiger partial charge in [0.15, 0.2) is 0 Å². The maximum atomic E-state index is 12.0. The smallest absolute Gasteiger partial charge is 0.257 e. The number of carbonyl (C=O) groups is 1. The van der Waals surface area contributed by atoms with Crippen molar-refractivity contribution in [1.29, 1.82) is 0 Å². The van der Waals surface area contributed by atoms with Crippen molar-refractivity contribution in [2.75, 3.05) is 11.9 Å². The lowest BCUT2D eigenvalue weighted by Gasteiger charge is -2.02. The topological polar surface area (TPSA) is 62.2 Å². The molecule has 2 N–H and O–H groups in total. The fourth-order valence-corrected chi connectivity index (χ4v) is 2.28. The molecular formula is C15H14N2O2S. The van der Waals surface area contributed by atoms with Crippen LogP contribution in [-0.2, 0) is 0 Å². The van der Waals surface area contributed by atoms with Gasteiger partial charge in [0, 0.05) is 17.5 Å². The van der Waals surface area contributed by atoms with Crippen LogP contribution in [0.1, 0.15) is 27.3 Å². The van der Waals surface area contributed by atoms with Crippen molar-refractivity contribution in [3.63, 3.8) is 0 Å². The van der Waals surface area contributed by atoms with Gasteiger partial charge in [-0.05, 0) is 25.1 Å². The number of nitrogens with zero attached hydrogens (tertiary/aromatic N) is 1. The van der Waals surface area contributed by atoms with Crippen molar-refractivity contribution in [3.8, 4) is 11.8 Å². The van der Waals surface area contributed by atoms with E-state index in [-0.39, 0.29) is 12.5 Å². The number of thiophene rings is 1. The number of hydrogen-bond donors (Lipinski definition) is 2. The Kier molecular flexibility index (Phi) is 4.88. The SMILES string of the molecule is Cc1cccc(NC(=O)c2csc(C#CCCO)c2)n1. The predicted octanol–water partition coefficient (Wildman–Crippen LogP) is 2.44. The summed E-state index contributed by atoms with van der Waals surface area (Å²) in [4.78, 5) is 17.1. The maximum Gasteiger partial charge on any atom is 0.257 e. The molecule has 2 rings (SSSR count). The Labute approximate surface area is 121 Å². The highest BCUT2D eigenvalue weighted by molar-refractivity contribution is 7.10. The van der Waals surface area contributed by atoms with Crippen LogP contribution in [0.4, 0.5) is 5.82 Å². The van der Waals surface area contributed by atoms with E-state index in [4.69, 9.17) is 5.11 Å². The number of nitrogens with one attached hydrogen (secondary N) is 1. The van der Waals surface area contributed by atoms with E-state index in [0.717, 1.165) is 10.6 Å². The van der Waals surface area contributed by atoms with Gasteiger partial charge in [-0.1, -0.05) is 17.9 Å². The number of rotatable bonds is 3. The molecule has 0 saturated carbocycles. The fourth-order valence-electron chi connectivity index (χ4n) is 1.53. The monoisotopic (exact) mass is 286 g/mol. The number of aromatic nitrogens is 1. The molecule has 0 radical (unpaired) electrons. The molecule has 0 aliphatic heterocycles. The molecule has 0 unspecified atom stereocenters. The Hall–Kier alpha value is -2.16. The van der Waals surface area contributed by atoms with Gasteiger partial charge in [0.1, 0.15) is 5.82 Å². The summed E-state index contributed by atoms with van der Waals surface area (Å²) in [7, 11) is 0. The first-order valence-corrected chi connectivity index (χ1v) is 7.00. The summed E-state index contributed by atoms with van der Waals surface area (Å²) in [6, 6.07) is 7.20. The van der Waals surface area contributed by atoms with Crippen molar-refractivity contribution in [2.45, 2.75) is 13.3 Å². The number of amides is 1. The second kappa shape index (κ2) is 6.85. The molecule has 0 aliphatic rings. The van der Waals surface area contributed by atoms with Crippen LogP contribution < -0.4 is 5.32 Å². The molecule has 0 atom stereocenters. The van der Waals surface area contributed by atoms with Crippen LogP contribution in [0.25, 0.3) is 0 Å². The molecule has 2 aromatic rings. The molecule has 0 bridgehead atoms. The Bertz CT molecular complexity index is 668. The van der Waals surface area contributed by atoms with Crippen molar-refractivity contribution in [2.24, 2.45) is 0 Å². The van der Waals surface area contributed by atoms with Gasteiger partial charge in [-0.15, -0.1) is 11.3 Å². The molecule has 0 aromatic carbocycles. The number of aliphatic hydroxyl groups is 1. The summed E-state index contributed by atoms with van der Waals surface area (Å²) in [5.41, 5.74) is 1.41. The van der Waals surface area contributed by atoms with E-state index in [9.17, 15) is 4.79 Å². The lowest BCUT2D eigenvalue weighted by atomic mass is 10.3. The highest BCUT2D eigenvalue weighted by atomic mass is 32.1. The van der Waals surface area contributed by atoms with Gasteiger partial charge < -0.3 is 10.4 Å². The van der Waals surface area contributed by atoms with Crippen molar-refractivity contribution in [3.05, 3.63) is 45.8 Å². The minimum absolute atomic E-state index is 0.0464. The number of aryl methyl sites for hydroxylation is 1. The van der Waals surface area contributed by atoms with Gasteiger partial charge >= 0.3 is 0 Å². The van der Waals surface area contributed by atoms with Gasteiger partial charge in [0.2, 0.25) is 0 Å². The first kappa shape index (κ1) is 14.3. The van der Waals surface area contributed by atoms with Crippen LogP contribution >= 0.6 is 11.3 Å². The third-order valence-corrected chi connectivity index (χ3v) is 3.29. The van der Waals surface area contributed by atoms with Crippen molar-refractivity contribution in [1.82, 2.24) is 4.98 Å². The third-order valence-electron chi connectivity index (χ3n) is 2.44. The summed E-state index contributed by atoms with van der Waals surface area (Å²) in [5.74, 6) is 6.07. The molecule has 2 heterocycles. The zero-order chi connectivity index (χ0) is 14.4. The van der Waals surface area contributed by atoms with Gasteiger partial charge in [-0.3, -0.25) is 4.79 Å². The Morgan fingerprint density at radius 3 is 3.10 bits per heavy atom. The number of pyridine rings is 1. The third kappa shape index (κ3) is 3.92. The van der Waals surface area contributed by atoms with Crippen LogP contribution in [0.5, 0.6) is 0 Å². The lowest BCUT2D eigenvalue weighted by molar-refractivity contribution is 0.102. The van der Waals surface area contributed by atoms with Crippen molar-refractivity contribution >= 4 is 23.1 Å². The van der Waals surface area contributed by atoms with E-state index >= 15 is 0 Å². The Morgan fingerprint density at radius 1 is 1.50 bits per heavy atom. The van der Waals surface area contributed by atoms with Crippen LogP contribution in [0.15, 0.2) is 29.6 Å².